The number of hydrogen-bond donors (Lipinski definition) is 3. The number of nitrogens with zero attached hydrogens (tertiary/aromatic N) is 1. The maximum absolute atomic E-state index is 11.9. The van der Waals surface area contributed by atoms with Gasteiger partial charge in [-0.2, -0.15) is 0 Å². The summed E-state index contributed by atoms with van der Waals surface area (Å²) in [5.41, 5.74) is 0. The van der Waals surface area contributed by atoms with Crippen LogP contribution in [0.5, 0.6) is 0 Å². The second-order valence-corrected chi connectivity index (χ2v) is 6.42. The van der Waals surface area contributed by atoms with Crippen molar-refractivity contribution in [1.29, 1.82) is 0 Å². The summed E-state index contributed by atoms with van der Waals surface area (Å²) < 4.78 is 0. The fourth-order valence-corrected chi connectivity index (χ4v) is 2.84. The van der Waals surface area contributed by atoms with Crippen LogP contribution >= 0.6 is 11.3 Å². The van der Waals surface area contributed by atoms with Gasteiger partial charge >= 0.3 is 6.03 Å². The normalized spacial score (nSPS) is 19.1. The first-order valence-electron chi connectivity index (χ1n) is 7.23. The third kappa shape index (κ3) is 4.18. The Kier molecular flexibility index (Phi) is 5.37. The van der Waals surface area contributed by atoms with Crippen LogP contribution in [0.25, 0.3) is 0 Å². The Hall–Kier alpha value is -1.14. The third-order valence-corrected chi connectivity index (χ3v) is 4.73. The second-order valence-electron chi connectivity index (χ2n) is 5.49. The van der Waals surface area contributed by atoms with E-state index in [1.807, 2.05) is 19.2 Å². The van der Waals surface area contributed by atoms with Crippen molar-refractivity contribution in [3.8, 4) is 0 Å². The van der Waals surface area contributed by atoms with Crippen LogP contribution in [0.3, 0.4) is 0 Å². The first-order chi connectivity index (χ1) is 9.61. The van der Waals surface area contributed by atoms with Gasteiger partial charge < -0.3 is 15.7 Å². The predicted molar refractivity (Wildman–Crippen MR) is 79.6 cm³/mol. The van der Waals surface area contributed by atoms with Gasteiger partial charge in [0.05, 0.1) is 12.1 Å². The van der Waals surface area contributed by atoms with Crippen molar-refractivity contribution in [2.24, 2.45) is 11.8 Å². The lowest BCUT2D eigenvalue weighted by molar-refractivity contribution is 0.114. The molecule has 1 aromatic heterocycles. The first kappa shape index (κ1) is 15.3. The minimum absolute atomic E-state index is 0.00995. The van der Waals surface area contributed by atoms with Gasteiger partial charge in [-0.15, -0.1) is 11.3 Å². The topological polar surface area (TPSA) is 74.2 Å². The van der Waals surface area contributed by atoms with E-state index in [2.05, 4.69) is 15.6 Å². The molecule has 1 aromatic rings. The molecule has 112 valence electrons. The fraction of sp³-hybridized carbons (Fsp3) is 0.714. The highest BCUT2D eigenvalue weighted by atomic mass is 32.1. The number of aromatic nitrogens is 1. The molecule has 0 radical (unpaired) electrons. The van der Waals surface area contributed by atoms with Gasteiger partial charge in [0.2, 0.25) is 0 Å². The van der Waals surface area contributed by atoms with E-state index in [1.54, 1.807) is 17.5 Å². The molecule has 3 N–H and O–H groups in total. The monoisotopic (exact) mass is 297 g/mol. The van der Waals surface area contributed by atoms with Crippen LogP contribution in [-0.2, 0) is 0 Å². The van der Waals surface area contributed by atoms with E-state index in [-0.39, 0.29) is 24.5 Å². The molecule has 0 aliphatic heterocycles. The van der Waals surface area contributed by atoms with Gasteiger partial charge in [0.1, 0.15) is 5.01 Å². The molecule has 1 aliphatic carbocycles. The molecule has 1 saturated carbocycles. The molecule has 1 heterocycles. The molecule has 0 bridgehead atoms. The number of rotatable bonds is 7. The summed E-state index contributed by atoms with van der Waals surface area (Å²) in [5, 5.41) is 18.5. The summed E-state index contributed by atoms with van der Waals surface area (Å²) in [6, 6.07) is -0.213. The van der Waals surface area contributed by atoms with Crippen molar-refractivity contribution in [2.75, 3.05) is 6.54 Å². The van der Waals surface area contributed by atoms with Crippen molar-refractivity contribution in [1.82, 2.24) is 15.6 Å². The molecule has 0 aromatic carbocycles. The minimum atomic E-state index is -0.495. The van der Waals surface area contributed by atoms with Crippen LogP contribution in [0.2, 0.25) is 0 Å². The van der Waals surface area contributed by atoms with Crippen LogP contribution < -0.4 is 10.6 Å². The summed E-state index contributed by atoms with van der Waals surface area (Å²) >= 11 is 1.57. The van der Waals surface area contributed by atoms with Crippen LogP contribution in [-0.4, -0.2) is 28.8 Å². The van der Waals surface area contributed by atoms with Crippen LogP contribution in [0.15, 0.2) is 11.6 Å². The maximum atomic E-state index is 11.9. The maximum Gasteiger partial charge on any atom is 0.315 e. The predicted octanol–water partition coefficient (Wildman–Crippen LogP) is 2.30. The molecule has 3 atom stereocenters. The van der Waals surface area contributed by atoms with Crippen LogP contribution in [0.4, 0.5) is 4.79 Å². The number of aliphatic hydroxyl groups is 1. The number of carbonyl (C=O) groups is 1. The average molecular weight is 297 g/mol. The summed E-state index contributed by atoms with van der Waals surface area (Å²) in [4.78, 5) is 16.2. The smallest absolute Gasteiger partial charge is 0.315 e. The number of thiazole rings is 1. The quantitative estimate of drug-likeness (QED) is 0.723. The zero-order chi connectivity index (χ0) is 14.5. The zero-order valence-corrected chi connectivity index (χ0v) is 12.8. The minimum Gasteiger partial charge on any atom is -0.391 e. The molecule has 3 unspecified atom stereocenters. The highest BCUT2D eigenvalue weighted by Gasteiger charge is 2.35. The number of nitrogens with one attached hydrogen (secondary N) is 2. The summed E-state index contributed by atoms with van der Waals surface area (Å²) in [5.74, 6) is 0.694. The van der Waals surface area contributed by atoms with E-state index in [1.165, 1.54) is 0 Å². The van der Waals surface area contributed by atoms with Gasteiger partial charge in [-0.05, 0) is 24.7 Å². The van der Waals surface area contributed by atoms with Crippen molar-refractivity contribution >= 4 is 17.4 Å². The third-order valence-electron chi connectivity index (χ3n) is 3.87. The average Bonchev–Trinajstić information content (AvgIpc) is 3.15. The number of hydrogen-bond acceptors (Lipinski definition) is 4. The van der Waals surface area contributed by atoms with Crippen molar-refractivity contribution in [3.05, 3.63) is 16.6 Å². The largest absolute Gasteiger partial charge is 0.391 e. The molecule has 0 spiro atoms. The number of aliphatic hydroxyl groups excluding tert-OH is 1. The Balaban J connectivity index is 1.80. The lowest BCUT2D eigenvalue weighted by Gasteiger charge is -2.20. The first-order valence-corrected chi connectivity index (χ1v) is 8.11. The van der Waals surface area contributed by atoms with E-state index in [4.69, 9.17) is 0 Å². The van der Waals surface area contributed by atoms with Gasteiger partial charge in [-0.25, -0.2) is 9.78 Å². The molecule has 2 amide bonds. The van der Waals surface area contributed by atoms with Crippen LogP contribution in [0, 0.1) is 11.8 Å². The molecule has 6 heteroatoms. The van der Waals surface area contributed by atoms with Gasteiger partial charge in [0.25, 0.3) is 0 Å². The number of amides is 2. The molecular weight excluding hydrogens is 274 g/mol. The van der Waals surface area contributed by atoms with Gasteiger partial charge in [-0.3, -0.25) is 0 Å². The Morgan fingerprint density at radius 3 is 2.90 bits per heavy atom. The van der Waals surface area contributed by atoms with Crippen molar-refractivity contribution in [2.45, 2.75) is 45.3 Å². The Labute approximate surface area is 123 Å². The molecule has 1 fully saturated rings. The van der Waals surface area contributed by atoms with E-state index in [0.717, 1.165) is 24.3 Å². The van der Waals surface area contributed by atoms with Crippen LogP contribution in [0.1, 0.15) is 44.2 Å². The highest BCUT2D eigenvalue weighted by Crippen LogP contribution is 2.41. The van der Waals surface area contributed by atoms with E-state index in [0.29, 0.717) is 5.92 Å². The Morgan fingerprint density at radius 2 is 2.35 bits per heavy atom. The molecule has 0 saturated heterocycles. The van der Waals surface area contributed by atoms with E-state index in [9.17, 15) is 9.90 Å². The van der Waals surface area contributed by atoms with E-state index < -0.39 is 6.10 Å². The lowest BCUT2D eigenvalue weighted by Crippen LogP contribution is -2.43. The van der Waals surface area contributed by atoms with Gasteiger partial charge in [-0.1, -0.05) is 20.3 Å². The molecule has 20 heavy (non-hydrogen) atoms. The van der Waals surface area contributed by atoms with Crippen molar-refractivity contribution in [3.63, 3.8) is 0 Å². The molecule has 5 nitrogen and oxygen atoms in total. The van der Waals surface area contributed by atoms with E-state index >= 15 is 0 Å². The zero-order valence-electron chi connectivity index (χ0n) is 12.0. The summed E-state index contributed by atoms with van der Waals surface area (Å²) in [6.45, 7) is 4.29. The van der Waals surface area contributed by atoms with Gasteiger partial charge in [0.15, 0.2) is 0 Å². The Bertz CT molecular complexity index is 420. The Morgan fingerprint density at radius 1 is 1.60 bits per heavy atom. The molecule has 1 aliphatic rings. The SMILES string of the molecule is CCC(C)C(O)CNC(=O)NC(c1nccs1)C1CC1. The standard InChI is InChI=1S/C14H23N3O2S/c1-3-9(2)11(18)8-16-14(19)17-12(10-4-5-10)13-15-6-7-20-13/h6-7,9-12,18H,3-5,8H2,1-2H3,(H2,16,17,19). The number of carbonyl (C=O) groups excluding carboxylic acids is 1. The summed E-state index contributed by atoms with van der Waals surface area (Å²) in [7, 11) is 0. The molecule has 2 rings (SSSR count). The highest BCUT2D eigenvalue weighted by molar-refractivity contribution is 7.09. The second kappa shape index (κ2) is 7.04. The summed E-state index contributed by atoms with van der Waals surface area (Å²) in [6.07, 6.45) is 4.45. The fourth-order valence-electron chi connectivity index (χ4n) is 2.06. The lowest BCUT2D eigenvalue weighted by atomic mass is 10.0. The number of urea groups is 1. The van der Waals surface area contributed by atoms with Crippen molar-refractivity contribution < 1.29 is 9.90 Å². The molecular formula is C14H23N3O2S. The van der Waals surface area contributed by atoms with Gasteiger partial charge in [0, 0.05) is 18.1 Å².